The first-order chi connectivity index (χ1) is 7.69. The SMILES string of the molecule is CCCCC[C@H](N)c1ccc(F)cc1OC.Cl. The zero-order valence-corrected chi connectivity index (χ0v) is 11.2. The van der Waals surface area contributed by atoms with Crippen LogP contribution in [0.3, 0.4) is 0 Å². The smallest absolute Gasteiger partial charge is 0.126 e. The number of hydrogen-bond donors (Lipinski definition) is 1. The highest BCUT2D eigenvalue weighted by Crippen LogP contribution is 2.27. The zero-order chi connectivity index (χ0) is 12.0. The molecule has 0 saturated carbocycles. The van der Waals surface area contributed by atoms with E-state index in [-0.39, 0.29) is 24.3 Å². The van der Waals surface area contributed by atoms with Crippen molar-refractivity contribution in [2.45, 2.75) is 38.6 Å². The lowest BCUT2D eigenvalue weighted by Gasteiger charge is -2.15. The van der Waals surface area contributed by atoms with Crippen molar-refractivity contribution in [2.24, 2.45) is 5.73 Å². The molecule has 0 aliphatic carbocycles. The zero-order valence-electron chi connectivity index (χ0n) is 10.4. The highest BCUT2D eigenvalue weighted by atomic mass is 35.5. The molecule has 1 aromatic rings. The van der Waals surface area contributed by atoms with Crippen molar-refractivity contribution in [3.05, 3.63) is 29.6 Å². The standard InChI is InChI=1S/C13H20FNO.ClH/c1-3-4-5-6-12(15)11-8-7-10(14)9-13(11)16-2;/h7-9,12H,3-6,15H2,1-2H3;1H/t12-;/m0./s1. The van der Waals surface area contributed by atoms with Gasteiger partial charge in [-0.3, -0.25) is 0 Å². The quantitative estimate of drug-likeness (QED) is 0.790. The summed E-state index contributed by atoms with van der Waals surface area (Å²) in [5.41, 5.74) is 6.95. The van der Waals surface area contributed by atoms with E-state index >= 15 is 0 Å². The Balaban J connectivity index is 0.00000256. The molecule has 4 heteroatoms. The van der Waals surface area contributed by atoms with Crippen LogP contribution in [0.2, 0.25) is 0 Å². The van der Waals surface area contributed by atoms with Crippen molar-refractivity contribution in [1.29, 1.82) is 0 Å². The summed E-state index contributed by atoms with van der Waals surface area (Å²) >= 11 is 0. The van der Waals surface area contributed by atoms with Crippen LogP contribution < -0.4 is 10.5 Å². The van der Waals surface area contributed by atoms with Gasteiger partial charge in [0, 0.05) is 17.7 Å². The first kappa shape index (κ1) is 16.2. The van der Waals surface area contributed by atoms with Crippen molar-refractivity contribution in [3.8, 4) is 5.75 Å². The number of methoxy groups -OCH3 is 1. The molecular weight excluding hydrogens is 241 g/mol. The maximum absolute atomic E-state index is 13.0. The predicted octanol–water partition coefficient (Wildman–Crippen LogP) is 3.84. The highest BCUT2D eigenvalue weighted by molar-refractivity contribution is 5.85. The molecule has 0 spiro atoms. The van der Waals surface area contributed by atoms with E-state index in [0.717, 1.165) is 18.4 Å². The normalized spacial score (nSPS) is 11.8. The summed E-state index contributed by atoms with van der Waals surface area (Å²) < 4.78 is 18.1. The van der Waals surface area contributed by atoms with E-state index in [2.05, 4.69) is 6.92 Å². The van der Waals surface area contributed by atoms with E-state index in [1.807, 2.05) is 0 Å². The Hall–Kier alpha value is -0.800. The highest BCUT2D eigenvalue weighted by Gasteiger charge is 2.12. The first-order valence-electron chi connectivity index (χ1n) is 5.78. The molecule has 0 unspecified atom stereocenters. The van der Waals surface area contributed by atoms with E-state index in [9.17, 15) is 4.39 Å². The van der Waals surface area contributed by atoms with Crippen LogP contribution in [-0.4, -0.2) is 7.11 Å². The number of unbranched alkanes of at least 4 members (excludes halogenated alkanes) is 2. The Morgan fingerprint density at radius 1 is 1.35 bits per heavy atom. The van der Waals surface area contributed by atoms with Crippen LogP contribution in [0.1, 0.15) is 44.2 Å². The maximum atomic E-state index is 13.0. The molecule has 0 aliphatic heterocycles. The Morgan fingerprint density at radius 2 is 2.06 bits per heavy atom. The van der Waals surface area contributed by atoms with Gasteiger partial charge in [-0.05, 0) is 12.5 Å². The molecule has 0 saturated heterocycles. The first-order valence-corrected chi connectivity index (χ1v) is 5.78. The topological polar surface area (TPSA) is 35.2 Å². The predicted molar refractivity (Wildman–Crippen MR) is 71.3 cm³/mol. The largest absolute Gasteiger partial charge is 0.496 e. The van der Waals surface area contributed by atoms with Crippen LogP contribution in [0.5, 0.6) is 5.75 Å². The molecule has 0 aliphatic rings. The molecule has 0 fully saturated rings. The van der Waals surface area contributed by atoms with Gasteiger partial charge in [0.25, 0.3) is 0 Å². The third-order valence-corrected chi connectivity index (χ3v) is 2.71. The van der Waals surface area contributed by atoms with Crippen molar-refractivity contribution in [2.75, 3.05) is 7.11 Å². The Kier molecular flexibility index (Phi) is 7.92. The third kappa shape index (κ3) is 4.92. The van der Waals surface area contributed by atoms with Gasteiger partial charge in [-0.15, -0.1) is 12.4 Å². The summed E-state index contributed by atoms with van der Waals surface area (Å²) in [5.74, 6) is 0.255. The summed E-state index contributed by atoms with van der Waals surface area (Å²) in [6.45, 7) is 2.16. The minimum Gasteiger partial charge on any atom is -0.496 e. The lowest BCUT2D eigenvalue weighted by atomic mass is 10.0. The van der Waals surface area contributed by atoms with Gasteiger partial charge in [0.15, 0.2) is 0 Å². The van der Waals surface area contributed by atoms with Gasteiger partial charge in [-0.1, -0.05) is 32.3 Å². The average molecular weight is 262 g/mol. The number of nitrogens with two attached hydrogens (primary N) is 1. The fraction of sp³-hybridized carbons (Fsp3) is 0.538. The van der Waals surface area contributed by atoms with E-state index in [0.29, 0.717) is 5.75 Å². The lowest BCUT2D eigenvalue weighted by molar-refractivity contribution is 0.399. The van der Waals surface area contributed by atoms with Crippen molar-refractivity contribution < 1.29 is 9.13 Å². The number of benzene rings is 1. The van der Waals surface area contributed by atoms with E-state index in [1.165, 1.54) is 32.1 Å². The fourth-order valence-corrected chi connectivity index (χ4v) is 1.76. The Bertz CT molecular complexity index is 333. The van der Waals surface area contributed by atoms with E-state index in [4.69, 9.17) is 10.5 Å². The fourth-order valence-electron chi connectivity index (χ4n) is 1.76. The Labute approximate surface area is 109 Å². The molecule has 0 amide bonds. The molecule has 0 bridgehead atoms. The molecule has 1 atom stereocenters. The molecule has 1 aromatic carbocycles. The van der Waals surface area contributed by atoms with Crippen molar-refractivity contribution in [1.82, 2.24) is 0 Å². The monoisotopic (exact) mass is 261 g/mol. The second-order valence-corrected chi connectivity index (χ2v) is 3.99. The van der Waals surface area contributed by atoms with Crippen LogP contribution in [0.15, 0.2) is 18.2 Å². The molecule has 0 heterocycles. The summed E-state index contributed by atoms with van der Waals surface area (Å²) in [7, 11) is 1.54. The molecular formula is C13H21ClFNO. The molecule has 2 nitrogen and oxygen atoms in total. The second-order valence-electron chi connectivity index (χ2n) is 3.99. The van der Waals surface area contributed by atoms with Gasteiger partial charge in [-0.25, -0.2) is 4.39 Å². The summed E-state index contributed by atoms with van der Waals surface area (Å²) in [5, 5.41) is 0. The van der Waals surface area contributed by atoms with E-state index in [1.54, 1.807) is 6.07 Å². The molecule has 2 N–H and O–H groups in total. The number of hydrogen-bond acceptors (Lipinski definition) is 2. The third-order valence-electron chi connectivity index (χ3n) is 2.71. The second kappa shape index (κ2) is 8.31. The van der Waals surface area contributed by atoms with Crippen LogP contribution in [0.25, 0.3) is 0 Å². The molecule has 98 valence electrons. The van der Waals surface area contributed by atoms with Gasteiger partial charge in [0.2, 0.25) is 0 Å². The minimum absolute atomic E-state index is 0. The number of ether oxygens (including phenoxy) is 1. The van der Waals surface area contributed by atoms with Gasteiger partial charge in [0.1, 0.15) is 11.6 Å². The van der Waals surface area contributed by atoms with Gasteiger partial charge < -0.3 is 10.5 Å². The Morgan fingerprint density at radius 3 is 2.65 bits per heavy atom. The molecule has 0 aromatic heterocycles. The number of rotatable bonds is 6. The van der Waals surface area contributed by atoms with Crippen molar-refractivity contribution >= 4 is 12.4 Å². The summed E-state index contributed by atoms with van der Waals surface area (Å²) in [6, 6.07) is 4.46. The molecule has 0 radical (unpaired) electrons. The van der Waals surface area contributed by atoms with Crippen molar-refractivity contribution in [3.63, 3.8) is 0 Å². The van der Waals surface area contributed by atoms with Crippen LogP contribution in [-0.2, 0) is 0 Å². The van der Waals surface area contributed by atoms with Crippen LogP contribution in [0.4, 0.5) is 4.39 Å². The van der Waals surface area contributed by atoms with Gasteiger partial charge >= 0.3 is 0 Å². The summed E-state index contributed by atoms with van der Waals surface area (Å²) in [4.78, 5) is 0. The summed E-state index contributed by atoms with van der Waals surface area (Å²) in [6.07, 6.45) is 4.36. The van der Waals surface area contributed by atoms with Crippen LogP contribution >= 0.6 is 12.4 Å². The van der Waals surface area contributed by atoms with Gasteiger partial charge in [-0.2, -0.15) is 0 Å². The van der Waals surface area contributed by atoms with E-state index < -0.39 is 0 Å². The lowest BCUT2D eigenvalue weighted by Crippen LogP contribution is -2.11. The average Bonchev–Trinajstić information content (AvgIpc) is 2.29. The molecule has 1 rings (SSSR count). The molecule has 17 heavy (non-hydrogen) atoms. The number of halogens is 2. The maximum Gasteiger partial charge on any atom is 0.126 e. The van der Waals surface area contributed by atoms with Crippen LogP contribution in [0, 0.1) is 5.82 Å². The minimum atomic E-state index is -0.290. The van der Waals surface area contributed by atoms with Gasteiger partial charge in [0.05, 0.1) is 7.11 Å².